The fraction of sp³-hybridized carbons (Fsp3) is 0.444. The van der Waals surface area contributed by atoms with Gasteiger partial charge in [-0.15, -0.1) is 0 Å². The van der Waals surface area contributed by atoms with Crippen molar-refractivity contribution < 1.29 is 31.1 Å². The summed E-state index contributed by atoms with van der Waals surface area (Å²) >= 11 is 0. The molecule has 0 aliphatic heterocycles. The van der Waals surface area contributed by atoms with Crippen LogP contribution in [0.2, 0.25) is 0 Å². The van der Waals surface area contributed by atoms with Crippen LogP contribution < -0.4 is 10.0 Å². The Bertz CT molecular complexity index is 972. The van der Waals surface area contributed by atoms with Crippen molar-refractivity contribution in [2.75, 3.05) is 19.0 Å². The number of hydrogen-bond acceptors (Lipinski definition) is 5. The van der Waals surface area contributed by atoms with E-state index in [2.05, 4.69) is 19.9 Å². The molecule has 0 aliphatic rings. The Kier molecular flexibility index (Phi) is 7.48. The minimum atomic E-state index is -4.54. The summed E-state index contributed by atoms with van der Waals surface area (Å²) in [6.45, 7) is 3.34. The molecule has 1 atom stereocenters. The zero-order valence-corrected chi connectivity index (χ0v) is 17.5. The van der Waals surface area contributed by atoms with Gasteiger partial charge in [0.25, 0.3) is 0 Å². The number of carbonyl (C=O) groups excluding carboxylic acids is 1. The molecule has 0 bridgehead atoms. The molecule has 1 heterocycles. The summed E-state index contributed by atoms with van der Waals surface area (Å²) in [7, 11) is -2.62. The molecule has 2 N–H and O–H groups in total. The van der Waals surface area contributed by atoms with Crippen molar-refractivity contribution in [3.63, 3.8) is 0 Å². The molecule has 1 amide bonds. The predicted octanol–water partition coefficient (Wildman–Crippen LogP) is 3.71. The van der Waals surface area contributed by atoms with Gasteiger partial charge in [0.2, 0.25) is 10.0 Å². The molecule has 8 nitrogen and oxygen atoms in total. The summed E-state index contributed by atoms with van der Waals surface area (Å²) in [5.74, 6) is 0. The summed E-state index contributed by atoms with van der Waals surface area (Å²) in [4.78, 5) is 11.1. The molecule has 2 aromatic rings. The molecule has 1 aromatic heterocycles. The van der Waals surface area contributed by atoms with Gasteiger partial charge in [0.15, 0.2) is 5.69 Å². The van der Waals surface area contributed by atoms with Crippen LogP contribution in [-0.2, 0) is 20.9 Å². The molecule has 12 heteroatoms. The van der Waals surface area contributed by atoms with Crippen LogP contribution in [-0.4, -0.2) is 37.9 Å². The van der Waals surface area contributed by atoms with E-state index < -0.39 is 34.0 Å². The van der Waals surface area contributed by atoms with Crippen LogP contribution in [0.15, 0.2) is 35.2 Å². The summed E-state index contributed by atoms with van der Waals surface area (Å²) in [6.07, 6.45) is -4.48. The van der Waals surface area contributed by atoms with Crippen LogP contribution in [0.3, 0.4) is 0 Å². The smallest absolute Gasteiger partial charge is 0.435 e. The number of methoxy groups -OCH3 is 1. The fourth-order valence-corrected chi connectivity index (χ4v) is 3.87. The number of aryl methyl sites for hydroxylation is 1. The number of nitrogens with one attached hydrogen (secondary N) is 2. The van der Waals surface area contributed by atoms with E-state index in [4.69, 9.17) is 0 Å². The second-order valence-electron chi connectivity index (χ2n) is 6.50. The highest BCUT2D eigenvalue weighted by molar-refractivity contribution is 7.89. The SMILES string of the molecule is CC[C@@H](CCNS(=O)(=O)c1ccc(NC(=O)OC)cc1)n1nc(C(F)(F)F)cc1C. The number of sulfonamides is 1. The summed E-state index contributed by atoms with van der Waals surface area (Å²) in [6, 6.07) is 6.03. The number of hydrogen-bond donors (Lipinski definition) is 2. The largest absolute Gasteiger partial charge is 0.453 e. The molecule has 0 spiro atoms. The molecule has 0 radical (unpaired) electrons. The van der Waals surface area contributed by atoms with Crippen molar-refractivity contribution in [1.82, 2.24) is 14.5 Å². The lowest BCUT2D eigenvalue weighted by atomic mass is 10.1. The molecular weight excluding hydrogens is 425 g/mol. The summed E-state index contributed by atoms with van der Waals surface area (Å²) < 4.78 is 71.6. The average Bonchev–Trinajstić information content (AvgIpc) is 3.07. The van der Waals surface area contributed by atoms with Crippen molar-refractivity contribution in [3.05, 3.63) is 41.7 Å². The molecule has 0 fully saturated rings. The maximum atomic E-state index is 12.9. The Morgan fingerprint density at radius 2 is 1.90 bits per heavy atom. The number of anilines is 1. The Morgan fingerprint density at radius 1 is 1.27 bits per heavy atom. The molecule has 0 aliphatic carbocycles. The third-order valence-electron chi connectivity index (χ3n) is 4.40. The van der Waals surface area contributed by atoms with Crippen LogP contribution in [0.5, 0.6) is 0 Å². The van der Waals surface area contributed by atoms with Crippen LogP contribution in [0.4, 0.5) is 23.7 Å². The van der Waals surface area contributed by atoms with Gasteiger partial charge in [-0.25, -0.2) is 17.9 Å². The highest BCUT2D eigenvalue weighted by Crippen LogP contribution is 2.30. The number of carbonyl (C=O) groups is 1. The highest BCUT2D eigenvalue weighted by Gasteiger charge is 2.35. The summed E-state index contributed by atoms with van der Waals surface area (Å²) in [5, 5.41) is 6.04. The molecule has 0 saturated heterocycles. The van der Waals surface area contributed by atoms with Crippen LogP contribution in [0.1, 0.15) is 37.2 Å². The number of ether oxygens (including phenoxy) is 1. The normalized spacial score (nSPS) is 13.1. The van der Waals surface area contributed by atoms with Gasteiger partial charge in [0.05, 0.1) is 18.0 Å². The van der Waals surface area contributed by atoms with Gasteiger partial charge in [-0.1, -0.05) is 6.92 Å². The molecule has 166 valence electrons. The van der Waals surface area contributed by atoms with E-state index in [-0.39, 0.29) is 17.9 Å². The van der Waals surface area contributed by atoms with E-state index in [0.29, 0.717) is 17.8 Å². The van der Waals surface area contributed by atoms with E-state index >= 15 is 0 Å². The van der Waals surface area contributed by atoms with Crippen molar-refractivity contribution in [2.45, 2.75) is 43.8 Å². The second-order valence-corrected chi connectivity index (χ2v) is 8.27. The first-order chi connectivity index (χ1) is 14.0. The molecule has 0 unspecified atom stereocenters. The lowest BCUT2D eigenvalue weighted by Gasteiger charge is -2.18. The molecule has 30 heavy (non-hydrogen) atoms. The lowest BCUT2D eigenvalue weighted by molar-refractivity contribution is -0.141. The zero-order chi connectivity index (χ0) is 22.5. The Balaban J connectivity index is 2.02. The van der Waals surface area contributed by atoms with Crippen molar-refractivity contribution in [3.8, 4) is 0 Å². The monoisotopic (exact) mass is 448 g/mol. The first-order valence-corrected chi connectivity index (χ1v) is 10.5. The van der Waals surface area contributed by atoms with E-state index in [9.17, 15) is 26.4 Å². The maximum absolute atomic E-state index is 12.9. The average molecular weight is 448 g/mol. The fourth-order valence-electron chi connectivity index (χ4n) is 2.82. The lowest BCUT2D eigenvalue weighted by Crippen LogP contribution is -2.27. The van der Waals surface area contributed by atoms with E-state index in [1.54, 1.807) is 6.92 Å². The van der Waals surface area contributed by atoms with Crippen LogP contribution in [0, 0.1) is 6.92 Å². The van der Waals surface area contributed by atoms with Crippen molar-refractivity contribution in [2.24, 2.45) is 0 Å². The van der Waals surface area contributed by atoms with Gasteiger partial charge >= 0.3 is 12.3 Å². The molecular formula is C18H23F3N4O4S. The Hall–Kier alpha value is -2.60. The topological polar surface area (TPSA) is 102 Å². The number of amides is 1. The molecule has 1 aromatic carbocycles. The molecule has 0 saturated carbocycles. The number of benzene rings is 1. The predicted molar refractivity (Wildman–Crippen MR) is 104 cm³/mol. The minimum Gasteiger partial charge on any atom is -0.453 e. The van der Waals surface area contributed by atoms with Crippen molar-refractivity contribution >= 4 is 21.8 Å². The standard InChI is InChI=1S/C18H23F3N4O4S/c1-4-14(25-12(2)11-16(24-25)18(19,20)21)9-10-22-30(27,28)15-7-5-13(6-8-15)23-17(26)29-3/h5-8,11,14,22H,4,9-10H2,1-3H3,(H,23,26)/t14-/m0/s1. The van der Waals surface area contributed by atoms with E-state index in [0.717, 1.165) is 6.07 Å². The van der Waals surface area contributed by atoms with Gasteiger partial charge < -0.3 is 4.74 Å². The second kappa shape index (κ2) is 9.47. The number of nitrogens with zero attached hydrogens (tertiary/aromatic N) is 2. The highest BCUT2D eigenvalue weighted by atomic mass is 32.2. The maximum Gasteiger partial charge on any atom is 0.435 e. The quantitative estimate of drug-likeness (QED) is 0.641. The van der Waals surface area contributed by atoms with Gasteiger partial charge in [-0.05, 0) is 50.1 Å². The van der Waals surface area contributed by atoms with Gasteiger partial charge in [0, 0.05) is 17.9 Å². The van der Waals surface area contributed by atoms with Gasteiger partial charge in [-0.3, -0.25) is 10.00 Å². The first-order valence-electron chi connectivity index (χ1n) is 9.06. The third kappa shape index (κ3) is 5.95. The Labute approximate surface area is 172 Å². The Morgan fingerprint density at radius 3 is 2.40 bits per heavy atom. The number of aromatic nitrogens is 2. The van der Waals surface area contributed by atoms with Crippen LogP contribution >= 0.6 is 0 Å². The van der Waals surface area contributed by atoms with Gasteiger partial charge in [-0.2, -0.15) is 18.3 Å². The van der Waals surface area contributed by atoms with Gasteiger partial charge in [0.1, 0.15) is 0 Å². The van der Waals surface area contributed by atoms with E-state index in [1.165, 1.54) is 43.0 Å². The zero-order valence-electron chi connectivity index (χ0n) is 16.7. The van der Waals surface area contributed by atoms with Crippen molar-refractivity contribution in [1.29, 1.82) is 0 Å². The van der Waals surface area contributed by atoms with Crippen LogP contribution in [0.25, 0.3) is 0 Å². The minimum absolute atomic E-state index is 0.0133. The summed E-state index contributed by atoms with van der Waals surface area (Å²) in [5.41, 5.74) is -0.258. The molecule has 2 rings (SSSR count). The number of alkyl halides is 3. The number of rotatable bonds is 8. The number of halogens is 3. The first kappa shape index (κ1) is 23.7. The van der Waals surface area contributed by atoms with E-state index in [1.807, 2.05) is 0 Å². The third-order valence-corrected chi connectivity index (χ3v) is 5.87.